The summed E-state index contributed by atoms with van der Waals surface area (Å²) < 4.78 is 12.6. The molecule has 0 aromatic carbocycles. The van der Waals surface area contributed by atoms with Gasteiger partial charge >= 0.3 is 0 Å². The molecule has 0 spiro atoms. The standard InChI is InChI=1S/C36H62O8/c1-20(2)10-9-14-36(8,44-31-30(42)29(41)28(40)23(19-37)43-31)21-11-16-35(7)27(21)22(38)18-25-33(5)15-13-26(39)32(3,4)24(33)12-17-34(25,35)6/h10,21-31,37-42H,9,11-19H2,1-8H3/t21-,22+,23+,24+,25+,26+,27-,28+,29-,30+,31-,33-,34+,35+,36+/m0/s1. The van der Waals surface area contributed by atoms with Gasteiger partial charge in [-0.2, -0.15) is 0 Å². The zero-order chi connectivity index (χ0) is 32.6. The Labute approximate surface area is 265 Å². The number of rotatable bonds is 7. The van der Waals surface area contributed by atoms with E-state index in [1.165, 1.54) is 5.57 Å². The molecule has 0 unspecified atom stereocenters. The van der Waals surface area contributed by atoms with Crippen LogP contribution in [0.5, 0.6) is 0 Å². The molecular formula is C36H62O8. The first-order valence-corrected chi connectivity index (χ1v) is 17.3. The van der Waals surface area contributed by atoms with Crippen molar-refractivity contribution < 1.29 is 40.1 Å². The Morgan fingerprint density at radius 1 is 0.864 bits per heavy atom. The lowest BCUT2D eigenvalue weighted by atomic mass is 9.35. The van der Waals surface area contributed by atoms with Crippen molar-refractivity contribution in [2.75, 3.05) is 6.61 Å². The summed E-state index contributed by atoms with van der Waals surface area (Å²) in [6, 6.07) is 0. The molecule has 1 aliphatic heterocycles. The quantitative estimate of drug-likeness (QED) is 0.231. The van der Waals surface area contributed by atoms with E-state index in [2.05, 4.69) is 61.5 Å². The summed E-state index contributed by atoms with van der Waals surface area (Å²) in [7, 11) is 0. The molecule has 254 valence electrons. The normalized spacial score (nSPS) is 51.5. The van der Waals surface area contributed by atoms with Crippen LogP contribution in [-0.4, -0.2) is 85.8 Å². The minimum Gasteiger partial charge on any atom is -0.394 e. The van der Waals surface area contributed by atoms with Crippen LogP contribution in [-0.2, 0) is 9.47 Å². The van der Waals surface area contributed by atoms with E-state index in [1.807, 2.05) is 0 Å². The van der Waals surface area contributed by atoms with Gasteiger partial charge in [0.1, 0.15) is 24.4 Å². The smallest absolute Gasteiger partial charge is 0.187 e. The van der Waals surface area contributed by atoms with Gasteiger partial charge in [0.2, 0.25) is 0 Å². The largest absolute Gasteiger partial charge is 0.394 e. The summed E-state index contributed by atoms with van der Waals surface area (Å²) in [5.74, 6) is 0.713. The van der Waals surface area contributed by atoms with Crippen LogP contribution in [0.4, 0.5) is 0 Å². The maximum atomic E-state index is 12.2. The molecule has 44 heavy (non-hydrogen) atoms. The highest BCUT2D eigenvalue weighted by molar-refractivity contribution is 5.20. The molecule has 1 saturated heterocycles. The second-order valence-electron chi connectivity index (χ2n) is 17.3. The van der Waals surface area contributed by atoms with E-state index in [1.54, 1.807) is 0 Å². The van der Waals surface area contributed by atoms with Crippen molar-refractivity contribution >= 4 is 0 Å². The van der Waals surface area contributed by atoms with E-state index in [9.17, 15) is 30.6 Å². The van der Waals surface area contributed by atoms with E-state index in [0.717, 1.165) is 51.4 Å². The number of hydrogen-bond acceptors (Lipinski definition) is 8. The van der Waals surface area contributed by atoms with Gasteiger partial charge in [-0.05, 0) is 124 Å². The average molecular weight is 623 g/mol. The maximum absolute atomic E-state index is 12.2. The molecule has 0 aromatic rings. The minimum absolute atomic E-state index is 0.0131. The van der Waals surface area contributed by atoms with Gasteiger partial charge in [-0.25, -0.2) is 0 Å². The molecule has 4 aliphatic carbocycles. The van der Waals surface area contributed by atoms with Crippen LogP contribution in [0.15, 0.2) is 11.6 Å². The molecule has 5 aliphatic rings. The average Bonchev–Trinajstić information content (AvgIpc) is 3.33. The van der Waals surface area contributed by atoms with Gasteiger partial charge in [-0.1, -0.05) is 46.3 Å². The summed E-state index contributed by atoms with van der Waals surface area (Å²) in [6.45, 7) is 17.5. The molecule has 1 heterocycles. The summed E-state index contributed by atoms with van der Waals surface area (Å²) in [5, 5.41) is 65.0. The van der Waals surface area contributed by atoms with Crippen molar-refractivity contribution in [2.24, 2.45) is 45.3 Å². The Morgan fingerprint density at radius 3 is 2.16 bits per heavy atom. The minimum atomic E-state index is -1.50. The molecule has 5 rings (SSSR count). The summed E-state index contributed by atoms with van der Waals surface area (Å²) in [6.07, 6.45) is 2.60. The highest BCUT2D eigenvalue weighted by Crippen LogP contribution is 2.76. The van der Waals surface area contributed by atoms with E-state index in [4.69, 9.17) is 9.47 Å². The van der Waals surface area contributed by atoms with Gasteiger partial charge < -0.3 is 40.1 Å². The van der Waals surface area contributed by atoms with Crippen molar-refractivity contribution in [3.63, 3.8) is 0 Å². The molecule has 8 heteroatoms. The number of hydrogen-bond donors (Lipinski definition) is 6. The zero-order valence-electron chi connectivity index (χ0n) is 28.5. The fraction of sp³-hybridized carbons (Fsp3) is 0.944. The lowest BCUT2D eigenvalue weighted by Gasteiger charge is -2.70. The lowest BCUT2D eigenvalue weighted by Crippen LogP contribution is -2.67. The highest BCUT2D eigenvalue weighted by Gasteiger charge is 2.71. The number of allylic oxidation sites excluding steroid dienone is 2. The zero-order valence-corrected chi connectivity index (χ0v) is 28.5. The molecule has 6 N–H and O–H groups in total. The number of aliphatic hydroxyl groups is 6. The van der Waals surface area contributed by atoms with E-state index in [-0.39, 0.29) is 39.6 Å². The number of aliphatic hydroxyl groups excluding tert-OH is 6. The SMILES string of the molecule is CC(C)=CCC[C@@](C)(O[C@@H]1O[C@H](CO)[C@@H](O)[C@H](O)[C@H]1O)[C@H]1CC[C@]2(C)[C@@H]1[C@H](O)C[C@@H]1[C@@]3(C)CC[C@@H](O)C(C)(C)[C@H]3CC[C@]12C. The fourth-order valence-electron chi connectivity index (χ4n) is 11.8. The van der Waals surface area contributed by atoms with Gasteiger partial charge in [0, 0.05) is 0 Å². The van der Waals surface area contributed by atoms with Crippen LogP contribution >= 0.6 is 0 Å². The molecule has 15 atom stereocenters. The van der Waals surface area contributed by atoms with Crippen LogP contribution in [0.3, 0.4) is 0 Å². The van der Waals surface area contributed by atoms with Crippen molar-refractivity contribution in [1.82, 2.24) is 0 Å². The molecule has 4 saturated carbocycles. The maximum Gasteiger partial charge on any atom is 0.187 e. The summed E-state index contributed by atoms with van der Waals surface area (Å²) in [4.78, 5) is 0. The van der Waals surface area contributed by atoms with E-state index < -0.39 is 49.0 Å². The first kappa shape index (κ1) is 34.7. The van der Waals surface area contributed by atoms with Crippen molar-refractivity contribution in [1.29, 1.82) is 0 Å². The lowest BCUT2D eigenvalue weighted by molar-refractivity contribution is -0.336. The Morgan fingerprint density at radius 2 is 1.52 bits per heavy atom. The Kier molecular flexibility index (Phi) is 9.35. The van der Waals surface area contributed by atoms with Crippen LogP contribution in [0, 0.1) is 45.3 Å². The molecule has 0 aromatic heterocycles. The fourth-order valence-corrected chi connectivity index (χ4v) is 11.8. The topological polar surface area (TPSA) is 140 Å². The third-order valence-electron chi connectivity index (χ3n) is 14.6. The molecule has 0 radical (unpaired) electrons. The predicted octanol–water partition coefficient (Wildman–Crippen LogP) is 4.32. The number of fused-ring (bicyclic) bond motifs is 5. The predicted molar refractivity (Wildman–Crippen MR) is 168 cm³/mol. The third-order valence-corrected chi connectivity index (χ3v) is 14.6. The second kappa shape index (κ2) is 11.8. The first-order chi connectivity index (χ1) is 20.4. The second-order valence-corrected chi connectivity index (χ2v) is 17.3. The molecule has 5 fully saturated rings. The van der Waals surface area contributed by atoms with Crippen LogP contribution in [0.25, 0.3) is 0 Å². The van der Waals surface area contributed by atoms with Crippen molar-refractivity contribution in [3.05, 3.63) is 11.6 Å². The molecule has 0 bridgehead atoms. The van der Waals surface area contributed by atoms with E-state index in [0.29, 0.717) is 18.3 Å². The third kappa shape index (κ3) is 5.17. The van der Waals surface area contributed by atoms with Crippen LogP contribution in [0.2, 0.25) is 0 Å². The first-order valence-electron chi connectivity index (χ1n) is 17.3. The van der Waals surface area contributed by atoms with E-state index >= 15 is 0 Å². The highest BCUT2D eigenvalue weighted by atomic mass is 16.7. The molecular weight excluding hydrogens is 560 g/mol. The van der Waals surface area contributed by atoms with Crippen molar-refractivity contribution in [3.8, 4) is 0 Å². The van der Waals surface area contributed by atoms with Gasteiger partial charge in [0.15, 0.2) is 6.29 Å². The molecule has 8 nitrogen and oxygen atoms in total. The van der Waals surface area contributed by atoms with Crippen molar-refractivity contribution in [2.45, 2.75) is 162 Å². The van der Waals surface area contributed by atoms with Crippen LogP contribution in [0.1, 0.15) is 113 Å². The molecule has 0 amide bonds. The summed E-state index contributed by atoms with van der Waals surface area (Å²) >= 11 is 0. The Bertz CT molecular complexity index is 1070. The summed E-state index contributed by atoms with van der Waals surface area (Å²) in [5.41, 5.74) is 0.171. The van der Waals surface area contributed by atoms with Gasteiger partial charge in [-0.15, -0.1) is 0 Å². The van der Waals surface area contributed by atoms with Gasteiger partial charge in [0.25, 0.3) is 0 Å². The Hall–Kier alpha value is -0.580. The number of ether oxygens (including phenoxy) is 2. The van der Waals surface area contributed by atoms with Gasteiger partial charge in [-0.3, -0.25) is 0 Å². The van der Waals surface area contributed by atoms with Crippen LogP contribution < -0.4 is 0 Å². The Balaban J connectivity index is 1.49. The monoisotopic (exact) mass is 622 g/mol. The van der Waals surface area contributed by atoms with Gasteiger partial charge in [0.05, 0.1) is 24.4 Å².